The number of hydrogen-bond donors (Lipinski definition) is 1. The van der Waals surface area contributed by atoms with Crippen molar-refractivity contribution >= 4 is 17.4 Å². The molecule has 2 rings (SSSR count). The Morgan fingerprint density at radius 3 is 2.12 bits per heavy atom. The molecule has 0 heterocycles. The summed E-state index contributed by atoms with van der Waals surface area (Å²) in [6.07, 6.45) is 2.95. The van der Waals surface area contributed by atoms with Crippen molar-refractivity contribution in [2.45, 2.75) is 0 Å². The van der Waals surface area contributed by atoms with Crippen LogP contribution in [0, 0.1) is 0 Å². The Labute approximate surface area is 146 Å². The van der Waals surface area contributed by atoms with Gasteiger partial charge >= 0.3 is 5.97 Å². The van der Waals surface area contributed by atoms with Crippen molar-refractivity contribution < 1.29 is 23.8 Å². The number of ketones is 1. The van der Waals surface area contributed by atoms with Gasteiger partial charge in [0, 0.05) is 23.5 Å². The van der Waals surface area contributed by atoms with Crippen LogP contribution in [-0.2, 0) is 4.74 Å². The van der Waals surface area contributed by atoms with E-state index >= 15 is 0 Å². The molecular weight excluding hydrogens is 322 g/mol. The van der Waals surface area contributed by atoms with E-state index in [0.29, 0.717) is 22.6 Å². The highest BCUT2D eigenvalue weighted by molar-refractivity contribution is 6.05. The second-order valence-electron chi connectivity index (χ2n) is 4.98. The number of carbonyl (C=O) groups is 2. The summed E-state index contributed by atoms with van der Waals surface area (Å²) in [6, 6.07) is 11.7. The number of ether oxygens (including phenoxy) is 3. The van der Waals surface area contributed by atoms with Crippen LogP contribution in [0.25, 0.3) is 0 Å². The SMILES string of the molecule is COC(=O)c1ccc(N/C=C/C(=O)c2ccc(OC)c(OC)c2)cc1. The van der Waals surface area contributed by atoms with Crippen LogP contribution < -0.4 is 14.8 Å². The molecule has 0 aliphatic rings. The van der Waals surface area contributed by atoms with Gasteiger partial charge in [0.2, 0.25) is 0 Å². The fourth-order valence-corrected chi connectivity index (χ4v) is 2.12. The van der Waals surface area contributed by atoms with Crippen molar-refractivity contribution in [3.8, 4) is 11.5 Å². The molecule has 0 atom stereocenters. The van der Waals surface area contributed by atoms with Crippen molar-refractivity contribution in [3.05, 3.63) is 65.9 Å². The molecule has 0 aliphatic heterocycles. The first-order valence-corrected chi connectivity index (χ1v) is 7.47. The number of hydrogen-bond acceptors (Lipinski definition) is 6. The molecule has 0 unspecified atom stereocenters. The maximum atomic E-state index is 12.2. The molecule has 0 saturated heterocycles. The van der Waals surface area contributed by atoms with Gasteiger partial charge in [-0.15, -0.1) is 0 Å². The average molecular weight is 341 g/mol. The highest BCUT2D eigenvalue weighted by Crippen LogP contribution is 2.27. The van der Waals surface area contributed by atoms with Crippen molar-refractivity contribution in [1.82, 2.24) is 0 Å². The van der Waals surface area contributed by atoms with E-state index in [1.165, 1.54) is 33.6 Å². The maximum Gasteiger partial charge on any atom is 0.337 e. The topological polar surface area (TPSA) is 73.9 Å². The van der Waals surface area contributed by atoms with Gasteiger partial charge in [0.25, 0.3) is 0 Å². The lowest BCUT2D eigenvalue weighted by molar-refractivity contribution is 0.0600. The van der Waals surface area contributed by atoms with Gasteiger partial charge in [-0.1, -0.05) is 0 Å². The minimum atomic E-state index is -0.397. The first-order chi connectivity index (χ1) is 12.1. The minimum Gasteiger partial charge on any atom is -0.493 e. The highest BCUT2D eigenvalue weighted by Gasteiger charge is 2.08. The molecule has 6 heteroatoms. The second-order valence-corrected chi connectivity index (χ2v) is 4.98. The molecule has 6 nitrogen and oxygen atoms in total. The molecule has 25 heavy (non-hydrogen) atoms. The third-order valence-electron chi connectivity index (χ3n) is 3.46. The monoisotopic (exact) mass is 341 g/mol. The molecule has 0 radical (unpaired) electrons. The summed E-state index contributed by atoms with van der Waals surface area (Å²) >= 11 is 0. The smallest absolute Gasteiger partial charge is 0.337 e. The lowest BCUT2D eigenvalue weighted by atomic mass is 10.1. The van der Waals surface area contributed by atoms with Gasteiger partial charge in [-0.3, -0.25) is 4.79 Å². The fraction of sp³-hybridized carbons (Fsp3) is 0.158. The Morgan fingerprint density at radius 1 is 0.880 bits per heavy atom. The van der Waals surface area contributed by atoms with Gasteiger partial charge in [0.05, 0.1) is 26.9 Å². The van der Waals surface area contributed by atoms with Gasteiger partial charge in [-0.25, -0.2) is 4.79 Å². The summed E-state index contributed by atoms with van der Waals surface area (Å²) in [7, 11) is 4.38. The highest BCUT2D eigenvalue weighted by atomic mass is 16.5. The Bertz CT molecular complexity index is 781. The molecule has 0 bridgehead atoms. The molecule has 1 N–H and O–H groups in total. The number of carbonyl (C=O) groups excluding carboxylic acids is 2. The van der Waals surface area contributed by atoms with Crippen molar-refractivity contribution in [3.63, 3.8) is 0 Å². The van der Waals surface area contributed by atoms with E-state index < -0.39 is 5.97 Å². The molecule has 0 aliphatic carbocycles. The molecule has 130 valence electrons. The van der Waals surface area contributed by atoms with Crippen LogP contribution >= 0.6 is 0 Å². The number of rotatable bonds is 7. The van der Waals surface area contributed by atoms with Crippen LogP contribution in [-0.4, -0.2) is 33.1 Å². The molecule has 2 aromatic carbocycles. The summed E-state index contributed by atoms with van der Waals surface area (Å²) < 4.78 is 15.0. The van der Waals surface area contributed by atoms with E-state index in [4.69, 9.17) is 9.47 Å². The molecule has 2 aromatic rings. The molecule has 0 amide bonds. The number of methoxy groups -OCH3 is 3. The first kappa shape index (κ1) is 18.1. The lowest BCUT2D eigenvalue weighted by Gasteiger charge is -2.08. The third-order valence-corrected chi connectivity index (χ3v) is 3.46. The normalized spacial score (nSPS) is 10.4. The first-order valence-electron chi connectivity index (χ1n) is 7.47. The Kier molecular flexibility index (Phi) is 6.17. The van der Waals surface area contributed by atoms with Crippen LogP contribution in [0.2, 0.25) is 0 Å². The van der Waals surface area contributed by atoms with Crippen LogP contribution in [0.15, 0.2) is 54.7 Å². The summed E-state index contributed by atoms with van der Waals surface area (Å²) in [4.78, 5) is 23.6. The zero-order valence-electron chi connectivity index (χ0n) is 14.2. The van der Waals surface area contributed by atoms with Gasteiger partial charge < -0.3 is 19.5 Å². The number of anilines is 1. The van der Waals surface area contributed by atoms with Crippen LogP contribution in [0.4, 0.5) is 5.69 Å². The average Bonchev–Trinajstić information content (AvgIpc) is 2.67. The zero-order chi connectivity index (χ0) is 18.2. The van der Waals surface area contributed by atoms with E-state index in [2.05, 4.69) is 10.1 Å². The predicted molar refractivity (Wildman–Crippen MR) is 94.4 cm³/mol. The fourth-order valence-electron chi connectivity index (χ4n) is 2.12. The van der Waals surface area contributed by atoms with Gasteiger partial charge in [-0.05, 0) is 42.5 Å². The summed E-state index contributed by atoms with van der Waals surface area (Å²) in [5.74, 6) is 0.477. The minimum absolute atomic E-state index is 0.181. The Hall–Kier alpha value is -3.28. The maximum absolute atomic E-state index is 12.2. The zero-order valence-corrected chi connectivity index (χ0v) is 14.2. The second kappa shape index (κ2) is 8.54. The molecular formula is C19H19NO5. The number of nitrogens with one attached hydrogen (secondary N) is 1. The summed E-state index contributed by atoms with van der Waals surface area (Å²) in [5, 5.41) is 2.97. The van der Waals surface area contributed by atoms with E-state index in [0.717, 1.165) is 5.69 Å². The van der Waals surface area contributed by atoms with Crippen LogP contribution in [0.5, 0.6) is 11.5 Å². The molecule has 0 aromatic heterocycles. The number of allylic oxidation sites excluding steroid dienone is 1. The number of esters is 1. The van der Waals surface area contributed by atoms with Crippen molar-refractivity contribution in [1.29, 1.82) is 0 Å². The quantitative estimate of drug-likeness (QED) is 0.473. The van der Waals surface area contributed by atoms with E-state index in [1.807, 2.05) is 0 Å². The Morgan fingerprint density at radius 2 is 1.52 bits per heavy atom. The molecule has 0 fully saturated rings. The van der Waals surface area contributed by atoms with Crippen LogP contribution in [0.3, 0.4) is 0 Å². The summed E-state index contributed by atoms with van der Waals surface area (Å²) in [6.45, 7) is 0. The molecule has 0 saturated carbocycles. The lowest BCUT2D eigenvalue weighted by Crippen LogP contribution is -2.01. The summed E-state index contributed by atoms with van der Waals surface area (Å²) in [5.41, 5.74) is 1.68. The van der Waals surface area contributed by atoms with Gasteiger partial charge in [0.15, 0.2) is 17.3 Å². The van der Waals surface area contributed by atoms with Crippen molar-refractivity contribution in [2.75, 3.05) is 26.6 Å². The van der Waals surface area contributed by atoms with E-state index in [1.54, 1.807) is 42.5 Å². The number of benzene rings is 2. The van der Waals surface area contributed by atoms with Crippen molar-refractivity contribution in [2.24, 2.45) is 0 Å². The van der Waals surface area contributed by atoms with Crippen LogP contribution in [0.1, 0.15) is 20.7 Å². The van der Waals surface area contributed by atoms with E-state index in [9.17, 15) is 9.59 Å². The Balaban J connectivity index is 2.02. The van der Waals surface area contributed by atoms with E-state index in [-0.39, 0.29) is 5.78 Å². The standard InChI is InChI=1S/C19H19NO5/c1-23-17-9-6-14(12-18(17)24-2)16(21)10-11-20-15-7-4-13(5-8-15)19(22)25-3/h4-12,20H,1-3H3/b11-10+. The third kappa shape index (κ3) is 4.60. The van der Waals surface area contributed by atoms with Gasteiger partial charge in [-0.2, -0.15) is 0 Å². The largest absolute Gasteiger partial charge is 0.493 e. The molecule has 0 spiro atoms. The van der Waals surface area contributed by atoms with Gasteiger partial charge in [0.1, 0.15) is 0 Å². The predicted octanol–water partition coefficient (Wildman–Crippen LogP) is 3.30.